The largest absolute Gasteiger partial charge is 0.413 e. The second-order valence-corrected chi connectivity index (χ2v) is 11.4. The van der Waals surface area contributed by atoms with Crippen LogP contribution in [0.15, 0.2) is 0 Å². The van der Waals surface area contributed by atoms with Gasteiger partial charge in [-0.3, -0.25) is 0 Å². The molecule has 1 aliphatic carbocycles. The van der Waals surface area contributed by atoms with Crippen LogP contribution in [0.3, 0.4) is 0 Å². The van der Waals surface area contributed by atoms with E-state index in [2.05, 4.69) is 41.5 Å². The van der Waals surface area contributed by atoms with Gasteiger partial charge in [0.1, 0.15) is 0 Å². The van der Waals surface area contributed by atoms with Gasteiger partial charge in [0, 0.05) is 6.10 Å². The third-order valence-electron chi connectivity index (χ3n) is 4.13. The number of hydrogen-bond donors (Lipinski definition) is 0. The molecule has 0 aromatic rings. The summed E-state index contributed by atoms with van der Waals surface area (Å²) in [4.78, 5) is 0. The van der Waals surface area contributed by atoms with Crippen molar-refractivity contribution in [1.29, 1.82) is 0 Å². The average molecular weight is 228 g/mol. The van der Waals surface area contributed by atoms with Gasteiger partial charge in [-0.05, 0) is 35.9 Å². The molecule has 0 aromatic carbocycles. The molecule has 0 aliphatic heterocycles. The van der Waals surface area contributed by atoms with Crippen molar-refractivity contribution in [2.24, 2.45) is 0 Å². The van der Waals surface area contributed by atoms with Gasteiger partial charge in [-0.1, -0.05) is 41.5 Å². The molecule has 0 aromatic heterocycles. The maximum atomic E-state index is 6.60. The Kier molecular flexibility index (Phi) is 4.42. The van der Waals surface area contributed by atoms with Crippen LogP contribution in [0.25, 0.3) is 0 Å². The van der Waals surface area contributed by atoms with Crippen molar-refractivity contribution in [3.05, 3.63) is 0 Å². The summed E-state index contributed by atoms with van der Waals surface area (Å²) < 4.78 is 6.60. The standard InChI is InChI=1S/C13H28OSi/c1-10(2)15(11(3)4,12(5)6)14-13-8-7-9-13/h10-13H,7-9H2,1-6H3. The Morgan fingerprint density at radius 2 is 1.27 bits per heavy atom. The van der Waals surface area contributed by atoms with E-state index in [0.29, 0.717) is 6.10 Å². The van der Waals surface area contributed by atoms with E-state index >= 15 is 0 Å². The molecule has 0 N–H and O–H groups in total. The topological polar surface area (TPSA) is 9.23 Å². The molecule has 1 nitrogen and oxygen atoms in total. The molecule has 0 atom stereocenters. The Balaban J connectivity index is 2.80. The summed E-state index contributed by atoms with van der Waals surface area (Å²) in [5.41, 5.74) is 2.20. The number of rotatable bonds is 5. The normalized spacial score (nSPS) is 19.0. The summed E-state index contributed by atoms with van der Waals surface area (Å²) >= 11 is 0. The fourth-order valence-electron chi connectivity index (χ4n) is 3.19. The summed E-state index contributed by atoms with van der Waals surface area (Å²) in [6.07, 6.45) is 4.59. The van der Waals surface area contributed by atoms with Gasteiger partial charge in [0.2, 0.25) is 8.32 Å². The molecule has 0 bridgehead atoms. The summed E-state index contributed by atoms with van der Waals surface area (Å²) in [7, 11) is -1.56. The lowest BCUT2D eigenvalue weighted by Crippen LogP contribution is -2.51. The molecular weight excluding hydrogens is 200 g/mol. The molecule has 0 radical (unpaired) electrons. The van der Waals surface area contributed by atoms with Crippen LogP contribution in [-0.2, 0) is 4.43 Å². The highest BCUT2D eigenvalue weighted by Gasteiger charge is 2.47. The average Bonchev–Trinajstić information content (AvgIpc) is 1.99. The van der Waals surface area contributed by atoms with Gasteiger partial charge in [-0.25, -0.2) is 0 Å². The van der Waals surface area contributed by atoms with E-state index in [1.165, 1.54) is 19.3 Å². The molecule has 1 aliphatic rings. The molecule has 1 saturated carbocycles. The predicted molar refractivity (Wildman–Crippen MR) is 69.8 cm³/mol. The molecular formula is C13H28OSi. The SMILES string of the molecule is CC(C)[Si](OC1CCC1)(C(C)C)C(C)C. The molecule has 0 heterocycles. The van der Waals surface area contributed by atoms with Crippen LogP contribution in [0.5, 0.6) is 0 Å². The van der Waals surface area contributed by atoms with Crippen molar-refractivity contribution < 1.29 is 4.43 Å². The van der Waals surface area contributed by atoms with Crippen molar-refractivity contribution in [1.82, 2.24) is 0 Å². The predicted octanol–water partition coefficient (Wildman–Crippen LogP) is 4.73. The van der Waals surface area contributed by atoms with Crippen molar-refractivity contribution in [3.63, 3.8) is 0 Å². The lowest BCUT2D eigenvalue weighted by Gasteiger charge is -2.46. The molecule has 0 unspecified atom stereocenters. The summed E-state index contributed by atoms with van der Waals surface area (Å²) in [5, 5.41) is 0. The van der Waals surface area contributed by atoms with Gasteiger partial charge in [0.25, 0.3) is 0 Å². The van der Waals surface area contributed by atoms with E-state index < -0.39 is 8.32 Å². The molecule has 1 rings (SSSR count). The zero-order valence-corrected chi connectivity index (χ0v) is 12.3. The van der Waals surface area contributed by atoms with Crippen LogP contribution < -0.4 is 0 Å². The Hall–Kier alpha value is 0.177. The maximum Gasteiger partial charge on any atom is 0.200 e. The van der Waals surface area contributed by atoms with E-state index in [4.69, 9.17) is 4.43 Å². The molecule has 15 heavy (non-hydrogen) atoms. The molecule has 90 valence electrons. The van der Waals surface area contributed by atoms with E-state index in [9.17, 15) is 0 Å². The minimum atomic E-state index is -1.56. The Labute approximate surface area is 96.7 Å². The first-order valence-corrected chi connectivity index (χ1v) is 8.73. The second-order valence-electron chi connectivity index (χ2n) is 5.99. The number of hydrogen-bond acceptors (Lipinski definition) is 1. The zero-order chi connectivity index (χ0) is 11.6. The van der Waals surface area contributed by atoms with E-state index in [0.717, 1.165) is 16.6 Å². The minimum absolute atomic E-state index is 0.601. The summed E-state index contributed by atoms with van der Waals surface area (Å²) in [6.45, 7) is 14.2. The molecule has 2 heteroatoms. The molecule has 0 spiro atoms. The van der Waals surface area contributed by atoms with E-state index in [1.807, 2.05) is 0 Å². The van der Waals surface area contributed by atoms with Gasteiger partial charge in [-0.2, -0.15) is 0 Å². The first-order valence-electron chi connectivity index (χ1n) is 6.59. The monoisotopic (exact) mass is 228 g/mol. The van der Waals surface area contributed by atoms with Crippen LogP contribution in [0.2, 0.25) is 16.6 Å². The van der Waals surface area contributed by atoms with E-state index in [1.54, 1.807) is 0 Å². The Morgan fingerprint density at radius 1 is 0.867 bits per heavy atom. The quantitative estimate of drug-likeness (QED) is 0.618. The van der Waals surface area contributed by atoms with Crippen molar-refractivity contribution in [2.75, 3.05) is 0 Å². The highest BCUT2D eigenvalue weighted by atomic mass is 28.4. The van der Waals surface area contributed by atoms with Gasteiger partial charge >= 0.3 is 0 Å². The van der Waals surface area contributed by atoms with Crippen molar-refractivity contribution in [2.45, 2.75) is 83.5 Å². The summed E-state index contributed by atoms with van der Waals surface area (Å²) in [5.74, 6) is 0. The smallest absolute Gasteiger partial charge is 0.200 e. The first-order chi connectivity index (χ1) is 6.91. The zero-order valence-electron chi connectivity index (χ0n) is 11.3. The second kappa shape index (κ2) is 5.01. The van der Waals surface area contributed by atoms with Crippen molar-refractivity contribution in [3.8, 4) is 0 Å². The van der Waals surface area contributed by atoms with Crippen LogP contribution in [0, 0.1) is 0 Å². The fraction of sp³-hybridized carbons (Fsp3) is 1.00. The van der Waals surface area contributed by atoms with Crippen LogP contribution in [0.4, 0.5) is 0 Å². The third-order valence-corrected chi connectivity index (χ3v) is 10.3. The van der Waals surface area contributed by atoms with Gasteiger partial charge in [0.05, 0.1) is 0 Å². The first kappa shape index (κ1) is 13.2. The highest BCUT2D eigenvalue weighted by Crippen LogP contribution is 2.44. The lowest BCUT2D eigenvalue weighted by atomic mass is 9.97. The van der Waals surface area contributed by atoms with Crippen LogP contribution >= 0.6 is 0 Å². The third kappa shape index (κ3) is 2.47. The Morgan fingerprint density at radius 3 is 1.47 bits per heavy atom. The molecule has 1 fully saturated rings. The summed E-state index contributed by atoms with van der Waals surface area (Å²) in [6, 6.07) is 0. The van der Waals surface area contributed by atoms with Crippen LogP contribution in [-0.4, -0.2) is 14.4 Å². The van der Waals surface area contributed by atoms with Crippen molar-refractivity contribution >= 4 is 8.32 Å². The minimum Gasteiger partial charge on any atom is -0.413 e. The Bertz CT molecular complexity index is 173. The fourth-order valence-corrected chi connectivity index (χ4v) is 8.82. The maximum absolute atomic E-state index is 6.60. The molecule has 0 amide bonds. The van der Waals surface area contributed by atoms with Crippen LogP contribution in [0.1, 0.15) is 60.8 Å². The molecule has 0 saturated heterocycles. The highest BCUT2D eigenvalue weighted by molar-refractivity contribution is 6.77. The lowest BCUT2D eigenvalue weighted by molar-refractivity contribution is 0.0990. The van der Waals surface area contributed by atoms with E-state index in [-0.39, 0.29) is 0 Å². The van der Waals surface area contributed by atoms with Gasteiger partial charge in [-0.15, -0.1) is 0 Å². The van der Waals surface area contributed by atoms with Gasteiger partial charge in [0.15, 0.2) is 0 Å². The van der Waals surface area contributed by atoms with Gasteiger partial charge < -0.3 is 4.43 Å².